The second kappa shape index (κ2) is 2.88. The molecule has 0 saturated carbocycles. The Morgan fingerprint density at radius 1 is 1.60 bits per heavy atom. The number of urea groups is 1. The minimum Gasteiger partial charge on any atom is -0.329 e. The first-order chi connectivity index (χ1) is 4.75. The Hall–Kier alpha value is -0.770. The molecule has 0 aromatic heterocycles. The fourth-order valence-corrected chi connectivity index (χ4v) is 0.935. The zero-order valence-corrected chi connectivity index (χ0v) is 6.02. The van der Waals surface area contributed by atoms with Crippen molar-refractivity contribution in [2.75, 3.05) is 19.0 Å². The van der Waals surface area contributed by atoms with Gasteiger partial charge >= 0.3 is 6.03 Å². The highest BCUT2D eigenvalue weighted by Gasteiger charge is 2.27. The maximum Gasteiger partial charge on any atom is 0.324 e. The molecule has 1 heterocycles. The third kappa shape index (κ3) is 1.21. The van der Waals surface area contributed by atoms with Gasteiger partial charge in [0.1, 0.15) is 0 Å². The number of hydrogen-bond donors (Lipinski definition) is 1. The third-order valence-corrected chi connectivity index (χ3v) is 1.41. The van der Waals surface area contributed by atoms with Gasteiger partial charge in [0.05, 0.1) is 6.54 Å². The number of nitrogens with zero attached hydrogens (tertiary/aromatic N) is 1. The zero-order valence-electron chi connectivity index (χ0n) is 5.26. The smallest absolute Gasteiger partial charge is 0.324 e. The fourth-order valence-electron chi connectivity index (χ4n) is 0.766. The first kappa shape index (κ1) is 7.34. The van der Waals surface area contributed by atoms with Gasteiger partial charge in [-0.05, 0) is 0 Å². The van der Waals surface area contributed by atoms with Crippen LogP contribution in [0.1, 0.15) is 0 Å². The number of alkyl halides is 1. The maximum atomic E-state index is 10.8. The van der Waals surface area contributed by atoms with E-state index >= 15 is 0 Å². The number of carbonyl (C=O) groups is 2. The van der Waals surface area contributed by atoms with Crippen LogP contribution in [-0.2, 0) is 4.79 Å². The van der Waals surface area contributed by atoms with Crippen LogP contribution < -0.4 is 5.32 Å². The number of carbonyl (C=O) groups excluding carboxylic acids is 2. The van der Waals surface area contributed by atoms with E-state index in [4.69, 9.17) is 11.6 Å². The van der Waals surface area contributed by atoms with Gasteiger partial charge in [0, 0.05) is 12.4 Å². The summed E-state index contributed by atoms with van der Waals surface area (Å²) in [6.07, 6.45) is 0. The van der Waals surface area contributed by atoms with Gasteiger partial charge in [0.15, 0.2) is 0 Å². The van der Waals surface area contributed by atoms with Gasteiger partial charge < -0.3 is 5.32 Å². The second-order valence-electron chi connectivity index (χ2n) is 1.89. The van der Waals surface area contributed by atoms with Crippen molar-refractivity contribution >= 4 is 23.5 Å². The van der Waals surface area contributed by atoms with E-state index < -0.39 is 0 Å². The SMILES string of the molecule is O=C1CNC(=O)N1CCCl. The van der Waals surface area contributed by atoms with Crippen molar-refractivity contribution in [2.24, 2.45) is 0 Å². The number of nitrogens with one attached hydrogen (secondary N) is 1. The standard InChI is InChI=1S/C5H7ClN2O2/c6-1-2-8-4(9)3-7-5(8)10/h1-3H2,(H,7,10). The summed E-state index contributed by atoms with van der Waals surface area (Å²) in [6.45, 7) is 0.405. The summed E-state index contributed by atoms with van der Waals surface area (Å²) < 4.78 is 0. The molecule has 5 heteroatoms. The lowest BCUT2D eigenvalue weighted by Crippen LogP contribution is -2.32. The number of imide groups is 1. The largest absolute Gasteiger partial charge is 0.329 e. The molecule has 1 N–H and O–H groups in total. The van der Waals surface area contributed by atoms with E-state index in [1.54, 1.807) is 0 Å². The Kier molecular flexibility index (Phi) is 2.11. The van der Waals surface area contributed by atoms with Crippen molar-refractivity contribution < 1.29 is 9.59 Å². The van der Waals surface area contributed by atoms with Crippen LogP contribution in [0.4, 0.5) is 4.79 Å². The quantitative estimate of drug-likeness (QED) is 0.451. The van der Waals surface area contributed by atoms with Crippen LogP contribution in [0.3, 0.4) is 0 Å². The van der Waals surface area contributed by atoms with E-state index in [1.807, 2.05) is 0 Å². The molecule has 0 unspecified atom stereocenters. The average Bonchev–Trinajstić information content (AvgIpc) is 2.20. The lowest BCUT2D eigenvalue weighted by atomic mass is 10.5. The van der Waals surface area contributed by atoms with E-state index in [9.17, 15) is 9.59 Å². The van der Waals surface area contributed by atoms with Crippen LogP contribution in [0.5, 0.6) is 0 Å². The van der Waals surface area contributed by atoms with Crippen molar-refractivity contribution in [2.45, 2.75) is 0 Å². The number of halogens is 1. The van der Waals surface area contributed by atoms with Gasteiger partial charge in [-0.2, -0.15) is 0 Å². The third-order valence-electron chi connectivity index (χ3n) is 1.25. The lowest BCUT2D eigenvalue weighted by molar-refractivity contribution is -0.124. The van der Waals surface area contributed by atoms with Crippen molar-refractivity contribution in [1.29, 1.82) is 0 Å². The summed E-state index contributed by atoms with van der Waals surface area (Å²) in [5.41, 5.74) is 0. The van der Waals surface area contributed by atoms with E-state index in [0.717, 1.165) is 4.90 Å². The van der Waals surface area contributed by atoms with Crippen molar-refractivity contribution in [3.05, 3.63) is 0 Å². The number of amides is 3. The van der Waals surface area contributed by atoms with Crippen LogP contribution in [0, 0.1) is 0 Å². The molecular formula is C5H7ClN2O2. The van der Waals surface area contributed by atoms with E-state index in [1.165, 1.54) is 0 Å². The molecule has 0 radical (unpaired) electrons. The molecular weight excluding hydrogens is 156 g/mol. The van der Waals surface area contributed by atoms with Crippen LogP contribution in [0.15, 0.2) is 0 Å². The summed E-state index contributed by atoms with van der Waals surface area (Å²) in [4.78, 5) is 22.6. The summed E-state index contributed by atoms with van der Waals surface area (Å²) in [5.74, 6) is 0.0877. The Bertz CT molecular complexity index is 155. The van der Waals surface area contributed by atoms with Crippen LogP contribution in [0.25, 0.3) is 0 Å². The normalized spacial score (nSPS) is 17.9. The topological polar surface area (TPSA) is 49.4 Å². The molecule has 0 spiro atoms. The van der Waals surface area contributed by atoms with Crippen molar-refractivity contribution in [3.8, 4) is 0 Å². The minimum atomic E-state index is -0.342. The van der Waals surface area contributed by atoms with Gasteiger partial charge in [-0.15, -0.1) is 11.6 Å². The van der Waals surface area contributed by atoms with E-state index in [2.05, 4.69) is 5.32 Å². The van der Waals surface area contributed by atoms with Crippen LogP contribution in [0.2, 0.25) is 0 Å². The minimum absolute atomic E-state index is 0.107. The summed E-state index contributed by atoms with van der Waals surface area (Å²) in [6, 6.07) is -0.342. The molecule has 3 amide bonds. The molecule has 1 aliphatic rings. The summed E-state index contributed by atoms with van der Waals surface area (Å²) in [5, 5.41) is 2.38. The fraction of sp³-hybridized carbons (Fsp3) is 0.600. The molecule has 0 aromatic carbocycles. The van der Waals surface area contributed by atoms with Crippen LogP contribution in [-0.4, -0.2) is 35.8 Å². The Balaban J connectivity index is 2.54. The Morgan fingerprint density at radius 3 is 2.70 bits per heavy atom. The van der Waals surface area contributed by atoms with Gasteiger partial charge in [-0.3, -0.25) is 9.69 Å². The molecule has 10 heavy (non-hydrogen) atoms. The van der Waals surface area contributed by atoms with Gasteiger partial charge in [-0.1, -0.05) is 0 Å². The highest BCUT2D eigenvalue weighted by Crippen LogP contribution is 1.97. The number of hydrogen-bond acceptors (Lipinski definition) is 2. The predicted octanol–water partition coefficient (Wildman–Crippen LogP) is -0.223. The van der Waals surface area contributed by atoms with Crippen LogP contribution >= 0.6 is 11.6 Å². The maximum absolute atomic E-state index is 10.8. The van der Waals surface area contributed by atoms with Crippen molar-refractivity contribution in [1.82, 2.24) is 10.2 Å². The molecule has 0 bridgehead atoms. The molecule has 56 valence electrons. The molecule has 0 atom stereocenters. The number of rotatable bonds is 2. The van der Waals surface area contributed by atoms with Gasteiger partial charge in [-0.25, -0.2) is 4.79 Å². The second-order valence-corrected chi connectivity index (χ2v) is 2.27. The first-order valence-electron chi connectivity index (χ1n) is 2.90. The van der Waals surface area contributed by atoms with Gasteiger partial charge in [0.2, 0.25) is 5.91 Å². The molecule has 1 saturated heterocycles. The van der Waals surface area contributed by atoms with Crippen molar-refractivity contribution in [3.63, 3.8) is 0 Å². The zero-order chi connectivity index (χ0) is 7.56. The monoisotopic (exact) mass is 162 g/mol. The molecule has 0 aromatic rings. The first-order valence-corrected chi connectivity index (χ1v) is 3.43. The Morgan fingerprint density at radius 2 is 2.30 bits per heavy atom. The highest BCUT2D eigenvalue weighted by atomic mass is 35.5. The molecule has 1 aliphatic heterocycles. The lowest BCUT2D eigenvalue weighted by Gasteiger charge is -2.08. The molecule has 4 nitrogen and oxygen atoms in total. The molecule has 0 aliphatic carbocycles. The molecule has 1 fully saturated rings. The highest BCUT2D eigenvalue weighted by molar-refractivity contribution is 6.18. The van der Waals surface area contributed by atoms with E-state index in [0.29, 0.717) is 12.4 Å². The van der Waals surface area contributed by atoms with Gasteiger partial charge in [0.25, 0.3) is 0 Å². The summed E-state index contributed by atoms with van der Waals surface area (Å²) in [7, 11) is 0. The summed E-state index contributed by atoms with van der Waals surface area (Å²) >= 11 is 5.34. The Labute approximate surface area is 63.1 Å². The predicted molar refractivity (Wildman–Crippen MR) is 35.8 cm³/mol. The van der Waals surface area contributed by atoms with E-state index in [-0.39, 0.29) is 18.5 Å². The molecule has 1 rings (SSSR count). The average molecular weight is 163 g/mol.